The highest BCUT2D eigenvalue weighted by Gasteiger charge is 2.17. The fourth-order valence-corrected chi connectivity index (χ4v) is 2.74. The molecule has 0 saturated heterocycles. The van der Waals surface area contributed by atoms with Gasteiger partial charge in [-0.1, -0.05) is 67.9 Å². The number of amides is 1. The van der Waals surface area contributed by atoms with Gasteiger partial charge < -0.3 is 14.6 Å². The number of rotatable bonds is 6. The Morgan fingerprint density at radius 3 is 2.38 bits per heavy atom. The molecule has 0 saturated carbocycles. The van der Waals surface area contributed by atoms with Crippen LogP contribution in [-0.2, 0) is 16.8 Å². The van der Waals surface area contributed by atoms with Crippen molar-refractivity contribution in [3.05, 3.63) is 65.5 Å². The minimum absolute atomic E-state index is 0.0725. The predicted octanol–water partition coefficient (Wildman–Crippen LogP) is 4.43. The Morgan fingerprint density at radius 2 is 1.76 bits per heavy atom. The monoisotopic (exact) mass is 393 g/mol. The molecule has 6 nitrogen and oxygen atoms in total. The van der Waals surface area contributed by atoms with Crippen LogP contribution in [0.5, 0.6) is 5.75 Å². The zero-order chi connectivity index (χ0) is 21.0. The summed E-state index contributed by atoms with van der Waals surface area (Å²) in [5.41, 5.74) is 3.31. The van der Waals surface area contributed by atoms with Crippen molar-refractivity contribution in [3.8, 4) is 17.1 Å². The normalized spacial score (nSPS) is 12.4. The number of nitrogens with one attached hydrogen (secondary N) is 1. The van der Waals surface area contributed by atoms with Crippen LogP contribution in [0.1, 0.15) is 44.7 Å². The smallest absolute Gasteiger partial charge is 0.261 e. The third-order valence-electron chi connectivity index (χ3n) is 4.59. The number of nitrogens with zero attached hydrogens (tertiary/aromatic N) is 2. The lowest BCUT2D eigenvalue weighted by atomic mass is 9.87. The molecular weight excluding hydrogens is 366 g/mol. The number of carbonyl (C=O) groups excluding carboxylic acids is 1. The Hall–Kier alpha value is -3.15. The molecule has 0 radical (unpaired) electrons. The van der Waals surface area contributed by atoms with Gasteiger partial charge in [-0.2, -0.15) is 4.98 Å². The lowest BCUT2D eigenvalue weighted by Crippen LogP contribution is -2.36. The van der Waals surface area contributed by atoms with Crippen LogP contribution in [0.4, 0.5) is 0 Å². The molecule has 1 atom stereocenters. The maximum Gasteiger partial charge on any atom is 0.261 e. The van der Waals surface area contributed by atoms with Gasteiger partial charge in [0.1, 0.15) is 5.75 Å². The summed E-state index contributed by atoms with van der Waals surface area (Å²) in [6.45, 7) is 10.3. The second-order valence-corrected chi connectivity index (χ2v) is 8.13. The van der Waals surface area contributed by atoms with E-state index in [-0.39, 0.29) is 17.9 Å². The first-order valence-corrected chi connectivity index (χ1v) is 9.67. The van der Waals surface area contributed by atoms with Gasteiger partial charge in [-0.25, -0.2) is 0 Å². The molecule has 1 heterocycles. The summed E-state index contributed by atoms with van der Waals surface area (Å²) in [6.07, 6.45) is -0.644. The first-order valence-electron chi connectivity index (χ1n) is 9.67. The summed E-state index contributed by atoms with van der Waals surface area (Å²) in [7, 11) is 0. The Bertz CT molecular complexity index is 954. The maximum atomic E-state index is 12.3. The number of aryl methyl sites for hydroxylation is 1. The Morgan fingerprint density at radius 1 is 1.10 bits per heavy atom. The molecule has 6 heteroatoms. The van der Waals surface area contributed by atoms with Crippen LogP contribution >= 0.6 is 0 Å². The molecule has 29 heavy (non-hydrogen) atoms. The molecule has 3 aromatic rings. The molecule has 0 aliphatic carbocycles. The van der Waals surface area contributed by atoms with E-state index in [0.29, 0.717) is 17.5 Å². The Kier molecular flexibility index (Phi) is 6.01. The summed E-state index contributed by atoms with van der Waals surface area (Å²) in [4.78, 5) is 16.7. The molecule has 152 valence electrons. The van der Waals surface area contributed by atoms with Crippen LogP contribution in [0, 0.1) is 6.92 Å². The molecule has 1 N–H and O–H groups in total. The van der Waals surface area contributed by atoms with Crippen molar-refractivity contribution >= 4 is 5.91 Å². The standard InChI is InChI=1S/C23H27N3O3/c1-15-6-8-17(9-7-15)21-25-20(29-26-21)14-24-22(27)16(2)28-19-12-10-18(11-13-19)23(3,4)5/h6-13,16H,14H2,1-5H3,(H,24,27)/t16-/m1/s1. The minimum Gasteiger partial charge on any atom is -0.481 e. The van der Waals surface area contributed by atoms with Crippen molar-refractivity contribution in [1.82, 2.24) is 15.5 Å². The van der Waals surface area contributed by atoms with E-state index in [9.17, 15) is 4.79 Å². The SMILES string of the molecule is Cc1ccc(-c2noc(CNC(=O)[C@@H](C)Oc3ccc(C(C)(C)C)cc3)n2)cc1. The van der Waals surface area contributed by atoms with Crippen LogP contribution in [0.25, 0.3) is 11.4 Å². The predicted molar refractivity (Wildman–Crippen MR) is 112 cm³/mol. The molecule has 0 aliphatic rings. The molecule has 0 bridgehead atoms. The van der Waals surface area contributed by atoms with Gasteiger partial charge in [0.05, 0.1) is 6.54 Å². The van der Waals surface area contributed by atoms with Crippen molar-refractivity contribution < 1.29 is 14.1 Å². The summed E-state index contributed by atoms with van der Waals surface area (Å²) >= 11 is 0. The summed E-state index contributed by atoms with van der Waals surface area (Å²) in [5, 5.41) is 6.73. The Labute approximate surface area is 171 Å². The van der Waals surface area contributed by atoms with Crippen molar-refractivity contribution in [1.29, 1.82) is 0 Å². The van der Waals surface area contributed by atoms with E-state index < -0.39 is 6.10 Å². The van der Waals surface area contributed by atoms with Crippen LogP contribution in [0.3, 0.4) is 0 Å². The van der Waals surface area contributed by atoms with Gasteiger partial charge in [-0.3, -0.25) is 4.79 Å². The number of hydrogen-bond acceptors (Lipinski definition) is 5. The fraction of sp³-hybridized carbons (Fsp3) is 0.348. The van der Waals surface area contributed by atoms with Crippen molar-refractivity contribution in [2.24, 2.45) is 0 Å². The van der Waals surface area contributed by atoms with E-state index in [0.717, 1.165) is 11.1 Å². The molecule has 0 aliphatic heterocycles. The number of hydrogen-bond donors (Lipinski definition) is 1. The second-order valence-electron chi connectivity index (χ2n) is 8.13. The summed E-state index contributed by atoms with van der Waals surface area (Å²) in [6, 6.07) is 15.6. The average molecular weight is 393 g/mol. The van der Waals surface area contributed by atoms with E-state index in [1.165, 1.54) is 5.56 Å². The molecule has 3 rings (SSSR count). The lowest BCUT2D eigenvalue weighted by Gasteiger charge is -2.20. The third kappa shape index (κ3) is 5.44. The largest absolute Gasteiger partial charge is 0.481 e. The molecule has 0 fully saturated rings. The highest BCUT2D eigenvalue weighted by atomic mass is 16.5. The van der Waals surface area contributed by atoms with E-state index in [1.54, 1.807) is 6.92 Å². The highest BCUT2D eigenvalue weighted by molar-refractivity contribution is 5.80. The van der Waals surface area contributed by atoms with Gasteiger partial charge in [0.25, 0.3) is 5.91 Å². The summed E-state index contributed by atoms with van der Waals surface area (Å²) < 4.78 is 11.0. The fourth-order valence-electron chi connectivity index (χ4n) is 2.74. The van der Waals surface area contributed by atoms with Gasteiger partial charge in [0, 0.05) is 5.56 Å². The van der Waals surface area contributed by atoms with Crippen molar-refractivity contribution in [3.63, 3.8) is 0 Å². The number of aromatic nitrogens is 2. The number of benzene rings is 2. The third-order valence-corrected chi connectivity index (χ3v) is 4.59. The first-order chi connectivity index (χ1) is 13.7. The Balaban J connectivity index is 1.53. The second kappa shape index (κ2) is 8.47. The molecule has 0 unspecified atom stereocenters. The van der Waals surface area contributed by atoms with Gasteiger partial charge in [0.15, 0.2) is 6.10 Å². The van der Waals surface area contributed by atoms with Gasteiger partial charge >= 0.3 is 0 Å². The average Bonchev–Trinajstić information content (AvgIpc) is 3.15. The van der Waals surface area contributed by atoms with Crippen LogP contribution in [0.15, 0.2) is 53.1 Å². The molecular formula is C23H27N3O3. The van der Waals surface area contributed by atoms with E-state index in [1.807, 2.05) is 55.5 Å². The molecule has 2 aromatic carbocycles. The van der Waals surface area contributed by atoms with Crippen LogP contribution in [0.2, 0.25) is 0 Å². The van der Waals surface area contributed by atoms with E-state index >= 15 is 0 Å². The maximum absolute atomic E-state index is 12.3. The zero-order valence-electron chi connectivity index (χ0n) is 17.5. The quantitative estimate of drug-likeness (QED) is 0.670. The minimum atomic E-state index is -0.644. The van der Waals surface area contributed by atoms with Crippen molar-refractivity contribution in [2.45, 2.75) is 52.7 Å². The van der Waals surface area contributed by atoms with Gasteiger partial charge in [-0.15, -0.1) is 0 Å². The van der Waals surface area contributed by atoms with Gasteiger partial charge in [0.2, 0.25) is 11.7 Å². The molecule has 1 aromatic heterocycles. The first kappa shape index (κ1) is 20.6. The topological polar surface area (TPSA) is 77.2 Å². The highest BCUT2D eigenvalue weighted by Crippen LogP contribution is 2.24. The van der Waals surface area contributed by atoms with Crippen LogP contribution in [-0.4, -0.2) is 22.2 Å². The zero-order valence-corrected chi connectivity index (χ0v) is 17.5. The van der Waals surface area contributed by atoms with Crippen LogP contribution < -0.4 is 10.1 Å². The molecule has 0 spiro atoms. The van der Waals surface area contributed by atoms with E-state index in [4.69, 9.17) is 9.26 Å². The van der Waals surface area contributed by atoms with Crippen molar-refractivity contribution in [2.75, 3.05) is 0 Å². The van der Waals surface area contributed by atoms with Gasteiger partial charge in [-0.05, 0) is 37.0 Å². The summed E-state index contributed by atoms with van der Waals surface area (Å²) in [5.74, 6) is 1.24. The number of ether oxygens (including phenoxy) is 1. The lowest BCUT2D eigenvalue weighted by molar-refractivity contribution is -0.127. The molecule has 1 amide bonds. The van der Waals surface area contributed by atoms with E-state index in [2.05, 4.69) is 36.2 Å². The number of carbonyl (C=O) groups is 1.